The molecule has 0 saturated carbocycles. The van der Waals surface area contributed by atoms with Gasteiger partial charge in [-0.2, -0.15) is 5.10 Å². The van der Waals surface area contributed by atoms with Crippen molar-refractivity contribution in [1.82, 2.24) is 9.78 Å². The van der Waals surface area contributed by atoms with Crippen molar-refractivity contribution in [2.75, 3.05) is 6.61 Å². The normalized spacial score (nSPS) is 14.6. The number of Topliss-reactive ketones (excluding diaryl/α,β-unsaturated/α-hetero) is 1. The molecular formula is C15H26N2O2. The third kappa shape index (κ3) is 4.46. The predicted octanol–water partition coefficient (Wildman–Crippen LogP) is 3.03. The molecule has 1 aromatic heterocycles. The third-order valence-electron chi connectivity index (χ3n) is 3.33. The Hall–Kier alpha value is -1.16. The summed E-state index contributed by atoms with van der Waals surface area (Å²) in [6.07, 6.45) is 3.01. The standard InChI is InChI=1S/C15H26N2O2/c1-6-12(5)17-9-8-13(16-17)10-14(18)15(11(3)4)19-7-2/h8-9,11-12,15H,6-7,10H2,1-5H3. The van der Waals surface area contributed by atoms with Gasteiger partial charge < -0.3 is 4.74 Å². The molecule has 4 heteroatoms. The lowest BCUT2D eigenvalue weighted by molar-refractivity contribution is -0.132. The maximum atomic E-state index is 12.2. The summed E-state index contributed by atoms with van der Waals surface area (Å²) in [6.45, 7) is 10.7. The van der Waals surface area contributed by atoms with Crippen molar-refractivity contribution >= 4 is 5.78 Å². The Labute approximate surface area is 116 Å². The van der Waals surface area contributed by atoms with Gasteiger partial charge in [-0.15, -0.1) is 0 Å². The number of aromatic nitrogens is 2. The molecule has 0 fully saturated rings. The monoisotopic (exact) mass is 266 g/mol. The molecule has 0 bridgehead atoms. The Morgan fingerprint density at radius 3 is 2.58 bits per heavy atom. The van der Waals surface area contributed by atoms with Gasteiger partial charge in [0.2, 0.25) is 0 Å². The Balaban J connectivity index is 2.67. The van der Waals surface area contributed by atoms with Crippen LogP contribution in [0.3, 0.4) is 0 Å². The number of ketones is 1. The second kappa shape index (κ2) is 7.43. The van der Waals surface area contributed by atoms with E-state index in [9.17, 15) is 4.79 Å². The molecule has 2 unspecified atom stereocenters. The molecule has 0 aromatic carbocycles. The summed E-state index contributed by atoms with van der Waals surface area (Å²) in [5.41, 5.74) is 0.829. The van der Waals surface area contributed by atoms with Crippen molar-refractivity contribution in [3.05, 3.63) is 18.0 Å². The summed E-state index contributed by atoms with van der Waals surface area (Å²) in [4.78, 5) is 12.2. The highest BCUT2D eigenvalue weighted by atomic mass is 16.5. The van der Waals surface area contributed by atoms with Crippen molar-refractivity contribution in [3.8, 4) is 0 Å². The maximum Gasteiger partial charge on any atom is 0.167 e. The predicted molar refractivity (Wildman–Crippen MR) is 76.2 cm³/mol. The highest BCUT2D eigenvalue weighted by Gasteiger charge is 2.23. The fourth-order valence-corrected chi connectivity index (χ4v) is 2.02. The smallest absolute Gasteiger partial charge is 0.167 e. The maximum absolute atomic E-state index is 12.2. The molecule has 4 nitrogen and oxygen atoms in total. The molecule has 0 aliphatic carbocycles. The first-order valence-corrected chi connectivity index (χ1v) is 7.17. The molecule has 1 heterocycles. The Kier molecular flexibility index (Phi) is 6.22. The Morgan fingerprint density at radius 2 is 2.05 bits per heavy atom. The van der Waals surface area contributed by atoms with Crippen LogP contribution in [0.1, 0.15) is 52.8 Å². The van der Waals surface area contributed by atoms with Gasteiger partial charge in [-0.3, -0.25) is 9.48 Å². The van der Waals surface area contributed by atoms with Crippen molar-refractivity contribution in [1.29, 1.82) is 0 Å². The van der Waals surface area contributed by atoms with Crippen LogP contribution in [-0.2, 0) is 16.0 Å². The summed E-state index contributed by atoms with van der Waals surface area (Å²) >= 11 is 0. The van der Waals surface area contributed by atoms with E-state index in [1.165, 1.54) is 0 Å². The zero-order valence-electron chi connectivity index (χ0n) is 12.7. The van der Waals surface area contributed by atoms with Crippen molar-refractivity contribution < 1.29 is 9.53 Å². The molecule has 0 spiro atoms. The highest BCUT2D eigenvalue weighted by molar-refractivity contribution is 5.85. The van der Waals surface area contributed by atoms with Crippen molar-refractivity contribution in [3.63, 3.8) is 0 Å². The minimum atomic E-state index is -0.321. The van der Waals surface area contributed by atoms with Gasteiger partial charge in [-0.05, 0) is 32.3 Å². The molecule has 0 saturated heterocycles. The molecule has 0 aliphatic rings. The fraction of sp³-hybridized carbons (Fsp3) is 0.733. The largest absolute Gasteiger partial charge is 0.370 e. The van der Waals surface area contributed by atoms with E-state index in [2.05, 4.69) is 18.9 Å². The summed E-state index contributed by atoms with van der Waals surface area (Å²) in [7, 11) is 0. The van der Waals surface area contributed by atoms with E-state index >= 15 is 0 Å². The van der Waals surface area contributed by atoms with E-state index in [4.69, 9.17) is 4.74 Å². The molecule has 19 heavy (non-hydrogen) atoms. The van der Waals surface area contributed by atoms with Crippen LogP contribution in [0.15, 0.2) is 12.3 Å². The second-order valence-corrected chi connectivity index (χ2v) is 5.31. The van der Waals surface area contributed by atoms with Crippen LogP contribution >= 0.6 is 0 Å². The SMILES string of the molecule is CCOC(C(=O)Cc1ccn(C(C)CC)n1)C(C)C. The molecule has 1 rings (SSSR count). The van der Waals surface area contributed by atoms with Gasteiger partial charge in [0.15, 0.2) is 5.78 Å². The molecule has 0 N–H and O–H groups in total. The van der Waals surface area contributed by atoms with Crippen LogP contribution in [0.4, 0.5) is 0 Å². The first kappa shape index (κ1) is 15.9. The van der Waals surface area contributed by atoms with Gasteiger partial charge >= 0.3 is 0 Å². The first-order chi connectivity index (χ1) is 8.99. The van der Waals surface area contributed by atoms with E-state index in [1.807, 2.05) is 37.7 Å². The number of nitrogens with zero attached hydrogens (tertiary/aromatic N) is 2. The number of ether oxygens (including phenoxy) is 1. The molecule has 2 atom stereocenters. The van der Waals surface area contributed by atoms with E-state index in [0.29, 0.717) is 19.1 Å². The van der Waals surface area contributed by atoms with Gasteiger partial charge in [0.05, 0.1) is 12.1 Å². The van der Waals surface area contributed by atoms with E-state index in [1.54, 1.807) is 0 Å². The molecular weight excluding hydrogens is 240 g/mol. The van der Waals surface area contributed by atoms with E-state index < -0.39 is 0 Å². The lowest BCUT2D eigenvalue weighted by Crippen LogP contribution is -2.31. The number of carbonyl (C=O) groups is 1. The van der Waals surface area contributed by atoms with Crippen LogP contribution < -0.4 is 0 Å². The van der Waals surface area contributed by atoms with Crippen LogP contribution in [0, 0.1) is 5.92 Å². The van der Waals surface area contributed by atoms with Gasteiger partial charge in [0, 0.05) is 18.8 Å². The number of hydrogen-bond donors (Lipinski definition) is 0. The van der Waals surface area contributed by atoms with Gasteiger partial charge in [0.1, 0.15) is 6.10 Å². The molecule has 0 amide bonds. The number of hydrogen-bond acceptors (Lipinski definition) is 3. The number of carbonyl (C=O) groups excluding carboxylic acids is 1. The number of rotatable bonds is 8. The van der Waals surface area contributed by atoms with Gasteiger partial charge in [-0.25, -0.2) is 0 Å². The van der Waals surface area contributed by atoms with Crippen LogP contribution in [-0.4, -0.2) is 28.3 Å². The fourth-order valence-electron chi connectivity index (χ4n) is 2.02. The topological polar surface area (TPSA) is 44.1 Å². The minimum Gasteiger partial charge on any atom is -0.370 e. The summed E-state index contributed by atoms with van der Waals surface area (Å²) in [5, 5.41) is 4.46. The lowest BCUT2D eigenvalue weighted by Gasteiger charge is -2.18. The van der Waals surface area contributed by atoms with E-state index in [0.717, 1.165) is 12.1 Å². The van der Waals surface area contributed by atoms with E-state index in [-0.39, 0.29) is 17.8 Å². The zero-order valence-corrected chi connectivity index (χ0v) is 12.7. The minimum absolute atomic E-state index is 0.117. The Bertz CT molecular complexity index is 399. The Morgan fingerprint density at radius 1 is 1.37 bits per heavy atom. The lowest BCUT2D eigenvalue weighted by atomic mass is 10.00. The highest BCUT2D eigenvalue weighted by Crippen LogP contribution is 2.13. The molecule has 0 aliphatic heterocycles. The molecule has 1 aromatic rings. The average Bonchev–Trinajstić information content (AvgIpc) is 2.82. The zero-order chi connectivity index (χ0) is 14.4. The van der Waals surface area contributed by atoms with Crippen LogP contribution in [0.2, 0.25) is 0 Å². The summed E-state index contributed by atoms with van der Waals surface area (Å²) in [6, 6.07) is 2.30. The third-order valence-corrected chi connectivity index (χ3v) is 3.33. The summed E-state index contributed by atoms with van der Waals surface area (Å²) in [5.74, 6) is 0.315. The first-order valence-electron chi connectivity index (χ1n) is 7.17. The van der Waals surface area contributed by atoms with Crippen molar-refractivity contribution in [2.24, 2.45) is 5.92 Å². The molecule has 108 valence electrons. The second-order valence-electron chi connectivity index (χ2n) is 5.31. The molecule has 0 radical (unpaired) electrons. The van der Waals surface area contributed by atoms with Gasteiger partial charge in [0.25, 0.3) is 0 Å². The summed E-state index contributed by atoms with van der Waals surface area (Å²) < 4.78 is 7.45. The van der Waals surface area contributed by atoms with Crippen molar-refractivity contribution in [2.45, 2.75) is 59.6 Å². The van der Waals surface area contributed by atoms with Crippen LogP contribution in [0.25, 0.3) is 0 Å². The quantitative estimate of drug-likeness (QED) is 0.726. The average molecular weight is 266 g/mol. The van der Waals surface area contributed by atoms with Gasteiger partial charge in [-0.1, -0.05) is 20.8 Å². The van der Waals surface area contributed by atoms with Crippen LogP contribution in [0.5, 0.6) is 0 Å².